The highest BCUT2D eigenvalue weighted by Crippen LogP contribution is 2.32. The number of carbonyl (C=O) groups is 1. The molecule has 3 N–H and O–H groups in total. The van der Waals surface area contributed by atoms with Gasteiger partial charge in [-0.05, 0) is 37.6 Å². The highest BCUT2D eigenvalue weighted by atomic mass is 19.2. The van der Waals surface area contributed by atoms with Crippen molar-refractivity contribution in [1.29, 1.82) is 0 Å². The second-order valence-corrected chi connectivity index (χ2v) is 6.05. The van der Waals surface area contributed by atoms with Crippen molar-refractivity contribution in [2.45, 2.75) is 19.9 Å². The molecule has 0 unspecified atom stereocenters. The molecular formula is C18H20F2N3O4+. The summed E-state index contributed by atoms with van der Waals surface area (Å²) in [5, 5.41) is 15.3. The van der Waals surface area contributed by atoms with Crippen molar-refractivity contribution >= 4 is 17.3 Å². The summed E-state index contributed by atoms with van der Waals surface area (Å²) in [6.45, 7) is 3.43. The number of ether oxygens (including phenoxy) is 1. The van der Waals surface area contributed by atoms with Crippen LogP contribution in [0.2, 0.25) is 0 Å². The number of hydrogen-bond acceptors (Lipinski definition) is 4. The van der Waals surface area contributed by atoms with E-state index in [0.717, 1.165) is 12.1 Å². The minimum Gasteiger partial charge on any atom is -0.490 e. The van der Waals surface area contributed by atoms with E-state index in [1.807, 2.05) is 0 Å². The average molecular weight is 380 g/mol. The van der Waals surface area contributed by atoms with Crippen LogP contribution < -0.4 is 15.4 Å². The molecule has 0 saturated heterocycles. The molecule has 0 radical (unpaired) electrons. The second-order valence-electron chi connectivity index (χ2n) is 6.05. The number of nitrogens with zero attached hydrogens (tertiary/aromatic N) is 1. The quantitative estimate of drug-likeness (QED) is 0.569. The Balaban J connectivity index is 2.03. The average Bonchev–Trinajstić information content (AvgIpc) is 2.63. The molecule has 27 heavy (non-hydrogen) atoms. The smallest absolute Gasteiger partial charge is 0.311 e. The maximum absolute atomic E-state index is 13.3. The molecule has 0 spiro atoms. The first kappa shape index (κ1) is 20.2. The van der Waals surface area contributed by atoms with Crippen molar-refractivity contribution in [2.24, 2.45) is 0 Å². The predicted octanol–water partition coefficient (Wildman–Crippen LogP) is 2.45. The van der Waals surface area contributed by atoms with Crippen molar-refractivity contribution in [3.05, 3.63) is 63.2 Å². The fourth-order valence-electron chi connectivity index (χ4n) is 2.53. The van der Waals surface area contributed by atoms with E-state index in [1.54, 1.807) is 19.2 Å². The zero-order valence-corrected chi connectivity index (χ0v) is 15.1. The van der Waals surface area contributed by atoms with Crippen LogP contribution in [0, 0.1) is 28.7 Å². The van der Waals surface area contributed by atoms with Gasteiger partial charge in [-0.15, -0.1) is 0 Å². The van der Waals surface area contributed by atoms with E-state index in [-0.39, 0.29) is 29.9 Å². The van der Waals surface area contributed by atoms with Gasteiger partial charge < -0.3 is 15.4 Å². The Morgan fingerprint density at radius 2 is 2.00 bits per heavy atom. The Kier molecular flexibility index (Phi) is 6.40. The number of quaternary nitrogens is 1. The zero-order chi connectivity index (χ0) is 20.1. The standard InChI is InChI=1S/C18H19F2N3O4/c1-10-6-16(23(25)26)17(27-3)8-15(10)22-18(24)9-21-11(2)12-4-5-13(19)14(20)7-12/h4-8,11,21H,9H2,1-3H3,(H,22,24)/p+1/t11-/m1/s1. The summed E-state index contributed by atoms with van der Waals surface area (Å²) in [6.07, 6.45) is 0. The monoisotopic (exact) mass is 380 g/mol. The highest BCUT2D eigenvalue weighted by molar-refractivity contribution is 5.92. The molecule has 0 fully saturated rings. The molecule has 9 heteroatoms. The van der Waals surface area contributed by atoms with Crippen molar-refractivity contribution in [3.8, 4) is 5.75 Å². The van der Waals surface area contributed by atoms with Crippen molar-refractivity contribution in [2.75, 3.05) is 19.0 Å². The van der Waals surface area contributed by atoms with Gasteiger partial charge in [0.2, 0.25) is 0 Å². The van der Waals surface area contributed by atoms with Crippen molar-refractivity contribution in [3.63, 3.8) is 0 Å². The summed E-state index contributed by atoms with van der Waals surface area (Å²) in [6, 6.07) is 6.05. The summed E-state index contributed by atoms with van der Waals surface area (Å²) < 4.78 is 31.3. The van der Waals surface area contributed by atoms with Gasteiger partial charge in [0.25, 0.3) is 5.91 Å². The van der Waals surface area contributed by atoms with E-state index in [2.05, 4.69) is 5.32 Å². The van der Waals surface area contributed by atoms with Crippen LogP contribution >= 0.6 is 0 Å². The number of nitro groups is 1. The van der Waals surface area contributed by atoms with Crippen LogP contribution in [0.4, 0.5) is 20.2 Å². The van der Waals surface area contributed by atoms with Crippen molar-refractivity contribution in [1.82, 2.24) is 0 Å². The third kappa shape index (κ3) is 4.98. The van der Waals surface area contributed by atoms with Gasteiger partial charge in [-0.1, -0.05) is 0 Å². The highest BCUT2D eigenvalue weighted by Gasteiger charge is 2.19. The summed E-state index contributed by atoms with van der Waals surface area (Å²) in [5.74, 6) is -2.17. The van der Waals surface area contributed by atoms with Gasteiger partial charge in [0, 0.05) is 23.4 Å². The summed E-state index contributed by atoms with van der Waals surface area (Å²) in [7, 11) is 1.31. The van der Waals surface area contributed by atoms with E-state index in [0.29, 0.717) is 16.8 Å². The number of carbonyl (C=O) groups excluding carboxylic acids is 1. The number of methoxy groups -OCH3 is 1. The molecule has 7 nitrogen and oxygen atoms in total. The third-order valence-corrected chi connectivity index (χ3v) is 4.12. The Hall–Kier alpha value is -3.07. The molecule has 0 heterocycles. The molecule has 2 aromatic carbocycles. The molecule has 2 aromatic rings. The summed E-state index contributed by atoms with van der Waals surface area (Å²) in [5.41, 5.74) is 1.28. The van der Waals surface area contributed by atoms with Gasteiger partial charge in [0.05, 0.1) is 12.0 Å². The van der Waals surface area contributed by atoms with Gasteiger partial charge in [-0.3, -0.25) is 14.9 Å². The molecule has 0 aromatic heterocycles. The third-order valence-electron chi connectivity index (χ3n) is 4.12. The lowest BCUT2D eigenvalue weighted by atomic mass is 10.1. The maximum atomic E-state index is 13.3. The van der Waals surface area contributed by atoms with Gasteiger partial charge >= 0.3 is 5.69 Å². The van der Waals surface area contributed by atoms with Crippen LogP contribution in [0.15, 0.2) is 30.3 Å². The van der Waals surface area contributed by atoms with Gasteiger partial charge in [0.15, 0.2) is 23.9 Å². The normalized spacial score (nSPS) is 11.7. The van der Waals surface area contributed by atoms with E-state index in [9.17, 15) is 23.7 Å². The molecule has 144 valence electrons. The summed E-state index contributed by atoms with van der Waals surface area (Å²) >= 11 is 0. The fourth-order valence-corrected chi connectivity index (χ4v) is 2.53. The predicted molar refractivity (Wildman–Crippen MR) is 94.6 cm³/mol. The Labute approximate surface area is 154 Å². The number of nitro benzene ring substituents is 1. The van der Waals surface area contributed by atoms with Crippen LogP contribution in [-0.4, -0.2) is 24.5 Å². The molecule has 0 aliphatic carbocycles. The minimum atomic E-state index is -0.939. The molecule has 0 bridgehead atoms. The molecule has 1 amide bonds. The topological polar surface area (TPSA) is 98.1 Å². The fraction of sp³-hybridized carbons (Fsp3) is 0.278. The number of amides is 1. The van der Waals surface area contributed by atoms with Crippen LogP contribution in [0.5, 0.6) is 5.75 Å². The lowest BCUT2D eigenvalue weighted by molar-refractivity contribution is -0.682. The first-order chi connectivity index (χ1) is 12.7. The maximum Gasteiger partial charge on any atom is 0.311 e. The molecule has 1 atom stereocenters. The van der Waals surface area contributed by atoms with E-state index in [4.69, 9.17) is 4.74 Å². The molecule has 0 saturated carbocycles. The number of anilines is 1. The van der Waals surface area contributed by atoms with Gasteiger partial charge in [0.1, 0.15) is 6.04 Å². The molecule has 0 aliphatic heterocycles. The van der Waals surface area contributed by atoms with Crippen LogP contribution in [0.25, 0.3) is 0 Å². The van der Waals surface area contributed by atoms with Crippen LogP contribution in [0.1, 0.15) is 24.1 Å². The number of nitrogens with two attached hydrogens (primary N) is 1. The Morgan fingerprint density at radius 3 is 2.59 bits per heavy atom. The Bertz CT molecular complexity index is 874. The second kappa shape index (κ2) is 8.54. The molecular weight excluding hydrogens is 360 g/mol. The van der Waals surface area contributed by atoms with E-state index >= 15 is 0 Å². The van der Waals surface area contributed by atoms with Crippen LogP contribution in [0.3, 0.4) is 0 Å². The largest absolute Gasteiger partial charge is 0.490 e. The SMILES string of the molecule is COc1cc(NC(=O)C[NH2+][C@H](C)c2ccc(F)c(F)c2)c(C)cc1[N+](=O)[O-]. The molecule has 2 rings (SSSR count). The number of aryl methyl sites for hydroxylation is 1. The molecule has 0 aliphatic rings. The van der Waals surface area contributed by atoms with E-state index < -0.39 is 16.6 Å². The minimum absolute atomic E-state index is 0.0267. The van der Waals surface area contributed by atoms with Gasteiger partial charge in [-0.25, -0.2) is 8.78 Å². The zero-order valence-electron chi connectivity index (χ0n) is 15.1. The van der Waals surface area contributed by atoms with E-state index in [1.165, 1.54) is 25.3 Å². The Morgan fingerprint density at radius 1 is 1.30 bits per heavy atom. The number of benzene rings is 2. The van der Waals surface area contributed by atoms with Gasteiger partial charge in [-0.2, -0.15) is 0 Å². The number of nitrogens with one attached hydrogen (secondary N) is 1. The first-order valence-electron chi connectivity index (χ1n) is 8.14. The van der Waals surface area contributed by atoms with Crippen LogP contribution in [-0.2, 0) is 4.79 Å². The number of halogens is 2. The number of hydrogen-bond donors (Lipinski definition) is 2. The van der Waals surface area contributed by atoms with Crippen molar-refractivity contribution < 1.29 is 28.6 Å². The summed E-state index contributed by atoms with van der Waals surface area (Å²) in [4.78, 5) is 22.6. The lowest BCUT2D eigenvalue weighted by Crippen LogP contribution is -2.86. The lowest BCUT2D eigenvalue weighted by Gasteiger charge is -2.13. The number of rotatable bonds is 7. The first-order valence-corrected chi connectivity index (χ1v) is 8.14.